The fourth-order valence-corrected chi connectivity index (χ4v) is 2.31. The first-order valence-electron chi connectivity index (χ1n) is 5.78. The number of hydrogen-bond donors (Lipinski definition) is 1. The number of rotatable bonds is 3. The van der Waals surface area contributed by atoms with Gasteiger partial charge < -0.3 is 5.11 Å². The highest BCUT2D eigenvalue weighted by Crippen LogP contribution is 2.46. The van der Waals surface area contributed by atoms with Crippen LogP contribution in [0.3, 0.4) is 0 Å². The van der Waals surface area contributed by atoms with Crippen LogP contribution in [-0.2, 0) is 0 Å². The van der Waals surface area contributed by atoms with Gasteiger partial charge in [-0.15, -0.1) is 0 Å². The van der Waals surface area contributed by atoms with E-state index in [1.807, 2.05) is 0 Å². The third-order valence-corrected chi connectivity index (χ3v) is 3.37. The first kappa shape index (κ1) is 14.0. The van der Waals surface area contributed by atoms with Gasteiger partial charge in [-0.25, -0.2) is 0 Å². The van der Waals surface area contributed by atoms with E-state index in [2.05, 4.69) is 48.5 Å². The fourth-order valence-electron chi connectivity index (χ4n) is 2.31. The van der Waals surface area contributed by atoms with Gasteiger partial charge in [-0.1, -0.05) is 61.3 Å². The summed E-state index contributed by atoms with van der Waals surface area (Å²) in [5.41, 5.74) is -0.684. The molecule has 0 aliphatic heterocycles. The van der Waals surface area contributed by atoms with E-state index in [1.54, 1.807) is 0 Å². The van der Waals surface area contributed by atoms with Crippen LogP contribution in [0.1, 0.15) is 67.7 Å². The predicted molar refractivity (Wildman–Crippen MR) is 63.4 cm³/mol. The molecule has 0 aromatic carbocycles. The summed E-state index contributed by atoms with van der Waals surface area (Å²) in [6, 6.07) is 0. The molecule has 0 aliphatic carbocycles. The first-order valence-corrected chi connectivity index (χ1v) is 5.78. The summed E-state index contributed by atoms with van der Waals surface area (Å²) in [6.07, 6.45) is 3.15. The van der Waals surface area contributed by atoms with Gasteiger partial charge in [0.25, 0.3) is 0 Å². The molecule has 0 saturated heterocycles. The molecular weight excluding hydrogens is 172 g/mol. The summed E-state index contributed by atoms with van der Waals surface area (Å²) in [6.45, 7) is 15.0. The van der Waals surface area contributed by atoms with E-state index in [9.17, 15) is 5.11 Å². The zero-order valence-corrected chi connectivity index (χ0v) is 11.1. The van der Waals surface area contributed by atoms with Gasteiger partial charge in [0.1, 0.15) is 0 Å². The fraction of sp³-hybridized carbons (Fsp3) is 1.00. The summed E-state index contributed by atoms with van der Waals surface area (Å²) in [5, 5.41) is 10.8. The van der Waals surface area contributed by atoms with Crippen LogP contribution in [0.5, 0.6) is 0 Å². The Balaban J connectivity index is 4.87. The zero-order valence-electron chi connectivity index (χ0n) is 11.1. The summed E-state index contributed by atoms with van der Waals surface area (Å²) in [4.78, 5) is 0. The Hall–Kier alpha value is -0.0400. The van der Waals surface area contributed by atoms with E-state index >= 15 is 0 Å². The van der Waals surface area contributed by atoms with Crippen molar-refractivity contribution in [3.8, 4) is 0 Å². The lowest BCUT2D eigenvalue weighted by Crippen LogP contribution is -2.53. The molecule has 0 aromatic heterocycles. The standard InChI is InChI=1S/C13H28O/c1-8-9-10-13(14,11(2,3)4)12(5,6)7/h14H,8-10H2,1-7H3. The van der Waals surface area contributed by atoms with Crippen molar-refractivity contribution in [2.75, 3.05) is 0 Å². The molecule has 1 N–H and O–H groups in total. The average molecular weight is 200 g/mol. The molecule has 1 heteroatoms. The molecule has 0 fully saturated rings. The molecule has 0 amide bonds. The predicted octanol–water partition coefficient (Wildman–Crippen LogP) is 4.00. The highest BCUT2D eigenvalue weighted by atomic mass is 16.3. The highest BCUT2D eigenvalue weighted by Gasteiger charge is 2.48. The van der Waals surface area contributed by atoms with Crippen LogP contribution in [0.2, 0.25) is 0 Å². The van der Waals surface area contributed by atoms with Gasteiger partial charge in [0, 0.05) is 0 Å². The Morgan fingerprint density at radius 3 is 1.43 bits per heavy atom. The molecule has 0 aliphatic rings. The lowest BCUT2D eigenvalue weighted by molar-refractivity contribution is -0.143. The van der Waals surface area contributed by atoms with Crippen LogP contribution in [-0.4, -0.2) is 10.7 Å². The van der Waals surface area contributed by atoms with E-state index in [0.717, 1.165) is 19.3 Å². The van der Waals surface area contributed by atoms with Crippen LogP contribution in [0.15, 0.2) is 0 Å². The smallest absolute Gasteiger partial charge is 0.0743 e. The van der Waals surface area contributed by atoms with E-state index < -0.39 is 5.60 Å². The van der Waals surface area contributed by atoms with E-state index in [1.165, 1.54) is 0 Å². The largest absolute Gasteiger partial charge is 0.389 e. The van der Waals surface area contributed by atoms with Gasteiger partial charge in [-0.2, -0.15) is 0 Å². The molecule has 86 valence electrons. The average Bonchev–Trinajstić information content (AvgIpc) is 1.95. The zero-order chi connectivity index (χ0) is 11.6. The molecule has 0 spiro atoms. The van der Waals surface area contributed by atoms with Gasteiger partial charge in [0.05, 0.1) is 5.60 Å². The van der Waals surface area contributed by atoms with Crippen molar-refractivity contribution in [3.05, 3.63) is 0 Å². The topological polar surface area (TPSA) is 20.2 Å². The molecular formula is C13H28O. The molecule has 0 aromatic rings. The quantitative estimate of drug-likeness (QED) is 0.730. The van der Waals surface area contributed by atoms with E-state index in [4.69, 9.17) is 0 Å². The Morgan fingerprint density at radius 2 is 1.21 bits per heavy atom. The van der Waals surface area contributed by atoms with Crippen molar-refractivity contribution in [2.24, 2.45) is 10.8 Å². The third-order valence-electron chi connectivity index (χ3n) is 3.37. The van der Waals surface area contributed by atoms with Crippen molar-refractivity contribution < 1.29 is 5.11 Å². The Morgan fingerprint density at radius 1 is 0.857 bits per heavy atom. The SMILES string of the molecule is CCCCC(O)(C(C)(C)C)C(C)(C)C. The van der Waals surface area contributed by atoms with Gasteiger partial charge in [0.15, 0.2) is 0 Å². The summed E-state index contributed by atoms with van der Waals surface area (Å²) in [5.74, 6) is 0. The van der Waals surface area contributed by atoms with Crippen LogP contribution >= 0.6 is 0 Å². The monoisotopic (exact) mass is 200 g/mol. The minimum atomic E-state index is -0.573. The molecule has 0 atom stereocenters. The van der Waals surface area contributed by atoms with Gasteiger partial charge in [0.2, 0.25) is 0 Å². The second-order valence-electron chi connectivity index (χ2n) is 6.46. The van der Waals surface area contributed by atoms with E-state index in [0.29, 0.717) is 0 Å². The van der Waals surface area contributed by atoms with Crippen molar-refractivity contribution in [3.63, 3.8) is 0 Å². The van der Waals surface area contributed by atoms with Gasteiger partial charge in [-0.3, -0.25) is 0 Å². The van der Waals surface area contributed by atoms with Crippen LogP contribution in [0, 0.1) is 10.8 Å². The van der Waals surface area contributed by atoms with Crippen molar-refractivity contribution in [1.82, 2.24) is 0 Å². The summed E-state index contributed by atoms with van der Waals surface area (Å²) in [7, 11) is 0. The summed E-state index contributed by atoms with van der Waals surface area (Å²) >= 11 is 0. The molecule has 0 heterocycles. The van der Waals surface area contributed by atoms with Crippen LogP contribution in [0.25, 0.3) is 0 Å². The van der Waals surface area contributed by atoms with E-state index in [-0.39, 0.29) is 10.8 Å². The second-order valence-corrected chi connectivity index (χ2v) is 6.46. The molecule has 0 saturated carbocycles. The van der Waals surface area contributed by atoms with Crippen molar-refractivity contribution >= 4 is 0 Å². The van der Waals surface area contributed by atoms with Gasteiger partial charge >= 0.3 is 0 Å². The van der Waals surface area contributed by atoms with Crippen molar-refractivity contribution in [1.29, 1.82) is 0 Å². The minimum Gasteiger partial charge on any atom is -0.389 e. The molecule has 14 heavy (non-hydrogen) atoms. The summed E-state index contributed by atoms with van der Waals surface area (Å²) < 4.78 is 0. The molecule has 1 nitrogen and oxygen atoms in total. The maximum atomic E-state index is 10.8. The lowest BCUT2D eigenvalue weighted by Gasteiger charge is -2.50. The number of hydrogen-bond acceptors (Lipinski definition) is 1. The van der Waals surface area contributed by atoms with Crippen LogP contribution < -0.4 is 0 Å². The maximum absolute atomic E-state index is 10.8. The molecule has 0 radical (unpaired) electrons. The number of aliphatic hydroxyl groups is 1. The Labute approximate surface area is 89.9 Å². The Kier molecular flexibility index (Phi) is 4.21. The first-order chi connectivity index (χ1) is 6.06. The minimum absolute atomic E-state index is 0.0551. The molecule has 0 rings (SSSR count). The van der Waals surface area contributed by atoms with Crippen LogP contribution in [0.4, 0.5) is 0 Å². The maximum Gasteiger partial charge on any atom is 0.0743 e. The lowest BCUT2D eigenvalue weighted by atomic mass is 9.60. The van der Waals surface area contributed by atoms with Crippen molar-refractivity contribution in [2.45, 2.75) is 73.3 Å². The number of unbranched alkanes of at least 4 members (excludes halogenated alkanes) is 1. The Bertz CT molecular complexity index is 155. The third kappa shape index (κ3) is 2.73. The molecule has 0 unspecified atom stereocenters. The van der Waals surface area contributed by atoms with Gasteiger partial charge in [-0.05, 0) is 17.3 Å². The highest BCUT2D eigenvalue weighted by molar-refractivity contribution is 4.98. The normalized spacial score (nSPS) is 14.6. The second kappa shape index (κ2) is 4.22. The molecule has 0 bridgehead atoms.